The summed E-state index contributed by atoms with van der Waals surface area (Å²) < 4.78 is 54.9. The van der Waals surface area contributed by atoms with Crippen molar-refractivity contribution in [3.63, 3.8) is 0 Å². The summed E-state index contributed by atoms with van der Waals surface area (Å²) in [6.45, 7) is 3.76. The molecule has 0 bridgehead atoms. The van der Waals surface area contributed by atoms with E-state index in [1.54, 1.807) is 24.3 Å². The maximum atomic E-state index is 12.5. The van der Waals surface area contributed by atoms with Gasteiger partial charge in [-0.25, -0.2) is 16.8 Å². The average molecular weight is 625 g/mol. The van der Waals surface area contributed by atoms with E-state index < -0.39 is 20.0 Å². The Morgan fingerprint density at radius 1 is 0.537 bits per heavy atom. The molecular weight excluding hydrogens is 597 g/mol. The largest absolute Gasteiger partial charge is 0.332 e. The number of thiocarbonyl (C=S) groups is 2. The summed E-state index contributed by atoms with van der Waals surface area (Å²) >= 11 is 10.4. The second-order valence-electron chi connectivity index (χ2n) is 9.32. The van der Waals surface area contributed by atoms with Crippen molar-refractivity contribution in [1.29, 1.82) is 0 Å². The van der Waals surface area contributed by atoms with Gasteiger partial charge in [0, 0.05) is 11.4 Å². The van der Waals surface area contributed by atoms with Gasteiger partial charge >= 0.3 is 0 Å². The Balaban J connectivity index is 1.29. The Kier molecular flexibility index (Phi) is 9.38. The normalized spacial score (nSPS) is 11.4. The summed E-state index contributed by atoms with van der Waals surface area (Å²) in [6, 6.07) is 27.9. The first-order chi connectivity index (χ1) is 19.4. The van der Waals surface area contributed by atoms with Gasteiger partial charge in [0.25, 0.3) is 20.0 Å². The molecule has 0 unspecified atom stereocenters. The number of sulfonamides is 2. The molecule has 0 aliphatic carbocycles. The first-order valence-electron chi connectivity index (χ1n) is 12.4. The van der Waals surface area contributed by atoms with Crippen molar-refractivity contribution in [2.24, 2.45) is 0 Å². The van der Waals surface area contributed by atoms with E-state index in [0.29, 0.717) is 17.8 Å². The van der Waals surface area contributed by atoms with Crippen molar-refractivity contribution >= 4 is 66.1 Å². The lowest BCUT2D eigenvalue weighted by Crippen LogP contribution is -2.34. The van der Waals surface area contributed by atoms with Gasteiger partial charge in [0.05, 0.1) is 9.79 Å². The van der Waals surface area contributed by atoms with Gasteiger partial charge in [-0.2, -0.15) is 0 Å². The van der Waals surface area contributed by atoms with Crippen LogP contribution >= 0.6 is 24.4 Å². The molecule has 12 heteroatoms. The minimum atomic E-state index is -3.78. The molecule has 0 saturated heterocycles. The van der Waals surface area contributed by atoms with Gasteiger partial charge in [-0.3, -0.25) is 9.44 Å². The van der Waals surface area contributed by atoms with Crippen molar-refractivity contribution in [2.75, 3.05) is 10.6 Å². The number of rotatable bonds is 8. The standard InChI is InChI=1S/C29H28N4O4S4/c1-20-3-15-26(16-4-20)40(34,35)32-28(38)30-24-11-7-22(8-12-24)19-23-9-13-25(14-10-23)31-29(39)33-41(36,37)27-17-5-21(2)6-18-27/h3-18H,19H2,1-2H3,(H2,30,32,38)(H2,31,33,39). The molecule has 4 rings (SSSR count). The van der Waals surface area contributed by atoms with E-state index in [0.717, 1.165) is 22.3 Å². The maximum absolute atomic E-state index is 12.5. The fraction of sp³-hybridized carbons (Fsp3) is 0.103. The van der Waals surface area contributed by atoms with Crippen LogP contribution in [0.4, 0.5) is 11.4 Å². The first kappa shape index (κ1) is 30.1. The highest BCUT2D eigenvalue weighted by molar-refractivity contribution is 7.92. The van der Waals surface area contributed by atoms with Crippen LogP contribution in [0.3, 0.4) is 0 Å². The molecule has 41 heavy (non-hydrogen) atoms. The summed E-state index contributed by atoms with van der Waals surface area (Å²) in [7, 11) is -7.56. The molecule has 0 amide bonds. The van der Waals surface area contributed by atoms with Gasteiger partial charge < -0.3 is 10.6 Å². The molecule has 0 aliphatic rings. The summed E-state index contributed by atoms with van der Waals surface area (Å²) in [5.74, 6) is 0. The molecular formula is C29H28N4O4S4. The minimum Gasteiger partial charge on any atom is -0.332 e. The van der Waals surface area contributed by atoms with Crippen LogP contribution in [0.15, 0.2) is 107 Å². The second-order valence-corrected chi connectivity index (χ2v) is 13.5. The zero-order valence-electron chi connectivity index (χ0n) is 22.2. The van der Waals surface area contributed by atoms with Crippen LogP contribution in [0.5, 0.6) is 0 Å². The molecule has 0 fully saturated rings. The topological polar surface area (TPSA) is 116 Å². The van der Waals surface area contributed by atoms with Crippen molar-refractivity contribution in [3.05, 3.63) is 119 Å². The zero-order chi connectivity index (χ0) is 29.6. The van der Waals surface area contributed by atoms with Crippen LogP contribution in [0.25, 0.3) is 0 Å². The fourth-order valence-electron chi connectivity index (χ4n) is 3.76. The van der Waals surface area contributed by atoms with Crippen LogP contribution < -0.4 is 20.1 Å². The molecule has 0 radical (unpaired) electrons. The third kappa shape index (κ3) is 8.57. The van der Waals surface area contributed by atoms with Gasteiger partial charge in [-0.15, -0.1) is 0 Å². The first-order valence-corrected chi connectivity index (χ1v) is 16.2. The molecule has 212 valence electrons. The summed E-state index contributed by atoms with van der Waals surface area (Å²) in [5, 5.41) is 5.74. The highest BCUT2D eigenvalue weighted by Gasteiger charge is 2.16. The Bertz CT molecular complexity index is 1620. The highest BCUT2D eigenvalue weighted by atomic mass is 32.2. The van der Waals surface area contributed by atoms with Crippen molar-refractivity contribution in [3.8, 4) is 0 Å². The number of benzene rings is 4. The van der Waals surface area contributed by atoms with Crippen molar-refractivity contribution in [2.45, 2.75) is 30.1 Å². The Morgan fingerprint density at radius 3 is 1.17 bits per heavy atom. The Labute approximate surface area is 251 Å². The number of aryl methyl sites for hydroxylation is 2. The molecule has 4 N–H and O–H groups in total. The quantitative estimate of drug-likeness (QED) is 0.197. The molecule has 4 aromatic carbocycles. The van der Waals surface area contributed by atoms with E-state index in [-0.39, 0.29) is 20.0 Å². The van der Waals surface area contributed by atoms with Crippen molar-refractivity contribution < 1.29 is 16.8 Å². The molecule has 0 aromatic heterocycles. The zero-order valence-corrected chi connectivity index (χ0v) is 25.5. The lowest BCUT2D eigenvalue weighted by molar-refractivity contribution is 0.591. The highest BCUT2D eigenvalue weighted by Crippen LogP contribution is 2.17. The number of hydrogen-bond acceptors (Lipinski definition) is 6. The third-order valence-corrected chi connectivity index (χ3v) is 9.35. The van der Waals surface area contributed by atoms with E-state index in [4.69, 9.17) is 24.4 Å². The molecule has 0 saturated carbocycles. The van der Waals surface area contributed by atoms with Crippen LogP contribution in [-0.4, -0.2) is 27.1 Å². The minimum absolute atomic E-state index is 0.0273. The molecule has 0 heterocycles. The SMILES string of the molecule is Cc1ccc(S(=O)(=O)NC(=S)Nc2ccc(Cc3ccc(NC(=S)NS(=O)(=O)c4ccc(C)cc4)cc3)cc2)cc1. The van der Waals surface area contributed by atoms with Gasteiger partial charge in [-0.1, -0.05) is 59.7 Å². The molecule has 0 spiro atoms. The molecule has 0 aliphatic heterocycles. The van der Waals surface area contributed by atoms with Crippen LogP contribution in [0, 0.1) is 13.8 Å². The number of nitrogens with one attached hydrogen (secondary N) is 4. The van der Waals surface area contributed by atoms with E-state index >= 15 is 0 Å². The predicted octanol–water partition coefficient (Wildman–Crippen LogP) is 5.24. The summed E-state index contributed by atoms with van der Waals surface area (Å²) in [5.41, 5.74) is 5.27. The molecule has 4 aromatic rings. The molecule has 0 atom stereocenters. The van der Waals surface area contributed by atoms with Gasteiger partial charge in [0.2, 0.25) is 0 Å². The monoisotopic (exact) mass is 624 g/mol. The number of anilines is 2. The van der Waals surface area contributed by atoms with E-state index in [9.17, 15) is 16.8 Å². The third-order valence-electron chi connectivity index (χ3n) is 5.95. The molecule has 8 nitrogen and oxygen atoms in total. The van der Waals surface area contributed by atoms with Gasteiger partial charge in [-0.05, 0) is 104 Å². The van der Waals surface area contributed by atoms with Crippen LogP contribution in [0.1, 0.15) is 22.3 Å². The van der Waals surface area contributed by atoms with Crippen LogP contribution in [0.2, 0.25) is 0 Å². The van der Waals surface area contributed by atoms with E-state index in [2.05, 4.69) is 20.1 Å². The summed E-state index contributed by atoms with van der Waals surface area (Å²) in [6.07, 6.45) is 0.648. The van der Waals surface area contributed by atoms with Crippen LogP contribution in [-0.2, 0) is 26.5 Å². The number of hydrogen-bond donors (Lipinski definition) is 4. The average Bonchev–Trinajstić information content (AvgIpc) is 2.91. The smallest absolute Gasteiger partial charge is 0.263 e. The Hall–Kier alpha value is -3.84. The predicted molar refractivity (Wildman–Crippen MR) is 171 cm³/mol. The van der Waals surface area contributed by atoms with Gasteiger partial charge in [0.15, 0.2) is 10.2 Å². The maximum Gasteiger partial charge on any atom is 0.263 e. The van der Waals surface area contributed by atoms with E-state index in [1.807, 2.05) is 62.4 Å². The summed E-state index contributed by atoms with van der Waals surface area (Å²) in [4.78, 5) is 0.267. The lowest BCUT2D eigenvalue weighted by atomic mass is 10.0. The Morgan fingerprint density at radius 2 is 0.854 bits per heavy atom. The van der Waals surface area contributed by atoms with E-state index in [1.165, 1.54) is 24.3 Å². The van der Waals surface area contributed by atoms with Gasteiger partial charge in [0.1, 0.15) is 0 Å². The fourth-order valence-corrected chi connectivity index (χ4v) is 6.47. The van der Waals surface area contributed by atoms with Crippen molar-refractivity contribution in [1.82, 2.24) is 9.44 Å². The lowest BCUT2D eigenvalue weighted by Gasteiger charge is -2.12. The second kappa shape index (κ2) is 12.8.